The topological polar surface area (TPSA) is 64.6 Å². The zero-order valence-electron chi connectivity index (χ0n) is 6.33. The van der Waals surface area contributed by atoms with Crippen molar-refractivity contribution in [2.24, 2.45) is 0 Å². The predicted molar refractivity (Wildman–Crippen MR) is 37.0 cm³/mol. The van der Waals surface area contributed by atoms with Gasteiger partial charge in [0.1, 0.15) is 13.2 Å². The molecule has 0 atom stereocenters. The van der Waals surface area contributed by atoms with Crippen LogP contribution in [0.4, 0.5) is 4.79 Å². The molecule has 0 saturated carbocycles. The summed E-state index contributed by atoms with van der Waals surface area (Å²) in [5.74, 6) is 0. The molecule has 1 saturated heterocycles. The molecule has 1 heterocycles. The Labute approximate surface area is 64.7 Å². The molecular formula is C6H11NO4. The summed E-state index contributed by atoms with van der Waals surface area (Å²) in [5, 5.41) is 2.43. The van der Waals surface area contributed by atoms with E-state index >= 15 is 0 Å². The van der Waals surface area contributed by atoms with E-state index in [4.69, 9.17) is 0 Å². The van der Waals surface area contributed by atoms with E-state index < -0.39 is 6.16 Å². The van der Waals surface area contributed by atoms with Crippen molar-refractivity contribution in [3.63, 3.8) is 0 Å². The van der Waals surface area contributed by atoms with Crippen LogP contribution in [0.3, 0.4) is 0 Å². The van der Waals surface area contributed by atoms with Crippen LogP contribution in [0.5, 0.6) is 0 Å². The minimum Gasteiger partial charge on any atom is -0.431 e. The van der Waals surface area contributed by atoms with Gasteiger partial charge in [-0.15, -0.1) is 0 Å². The van der Waals surface area contributed by atoms with E-state index in [-0.39, 0.29) is 0 Å². The maximum atomic E-state index is 9.80. The summed E-state index contributed by atoms with van der Waals surface area (Å²) in [5.41, 5.74) is 0. The van der Waals surface area contributed by atoms with Crippen molar-refractivity contribution in [2.45, 2.75) is 6.92 Å². The van der Waals surface area contributed by atoms with E-state index in [0.717, 1.165) is 6.54 Å². The number of carbonyl (C=O) groups excluding carboxylic acids is 2. The van der Waals surface area contributed by atoms with Crippen molar-refractivity contribution < 1.29 is 19.1 Å². The molecule has 0 radical (unpaired) electrons. The summed E-state index contributed by atoms with van der Waals surface area (Å²) in [4.78, 5) is 19.1. The Hall–Kier alpha value is -1.26. The van der Waals surface area contributed by atoms with E-state index in [0.29, 0.717) is 19.6 Å². The van der Waals surface area contributed by atoms with Gasteiger partial charge in [-0.25, -0.2) is 4.79 Å². The van der Waals surface area contributed by atoms with Crippen molar-refractivity contribution in [1.29, 1.82) is 0 Å². The summed E-state index contributed by atoms with van der Waals surface area (Å²) in [6.07, 6.45) is 0.134. The molecule has 0 bridgehead atoms. The number of rotatable bonds is 2. The number of hydrogen-bond acceptors (Lipinski definition) is 4. The molecule has 0 unspecified atom stereocenters. The van der Waals surface area contributed by atoms with E-state index in [1.165, 1.54) is 0 Å². The number of cyclic esters (lactones) is 2. The van der Waals surface area contributed by atoms with Crippen LogP contribution in [0.1, 0.15) is 6.92 Å². The highest BCUT2D eigenvalue weighted by Crippen LogP contribution is 1.92. The fraction of sp³-hybridized carbons (Fsp3) is 0.667. The zero-order chi connectivity index (χ0) is 8.53. The number of hydrogen-bond donors (Lipinski definition) is 1. The second kappa shape index (κ2) is 6.85. The molecule has 1 aliphatic heterocycles. The van der Waals surface area contributed by atoms with Gasteiger partial charge in [-0.2, -0.15) is 0 Å². The average molecular weight is 161 g/mol. The Bertz CT molecular complexity index is 118. The summed E-state index contributed by atoms with van der Waals surface area (Å²) < 4.78 is 8.58. The minimum atomic E-state index is -0.546. The van der Waals surface area contributed by atoms with Crippen LogP contribution < -0.4 is 5.32 Å². The smallest absolute Gasteiger partial charge is 0.431 e. The van der Waals surface area contributed by atoms with Crippen molar-refractivity contribution in [3.8, 4) is 0 Å². The summed E-state index contributed by atoms with van der Waals surface area (Å²) in [7, 11) is 0. The normalized spacial score (nSPS) is 13.7. The van der Waals surface area contributed by atoms with Crippen molar-refractivity contribution in [3.05, 3.63) is 0 Å². The molecular weight excluding hydrogens is 150 g/mol. The molecule has 1 fully saturated rings. The van der Waals surface area contributed by atoms with Crippen molar-refractivity contribution >= 4 is 12.6 Å². The Kier molecular flexibility index (Phi) is 6.07. The first kappa shape index (κ1) is 9.74. The highest BCUT2D eigenvalue weighted by molar-refractivity contribution is 5.61. The Morgan fingerprint density at radius 1 is 1.55 bits per heavy atom. The molecule has 0 aromatic heterocycles. The van der Waals surface area contributed by atoms with Gasteiger partial charge in [-0.3, -0.25) is 4.79 Å². The minimum absolute atomic E-state index is 0.416. The maximum Gasteiger partial charge on any atom is 0.508 e. The van der Waals surface area contributed by atoms with Crippen LogP contribution in [0, 0.1) is 0 Å². The molecule has 5 heteroatoms. The van der Waals surface area contributed by atoms with E-state index in [1.54, 1.807) is 0 Å². The molecule has 0 aromatic carbocycles. The number of carbonyl (C=O) groups is 2. The van der Waals surface area contributed by atoms with E-state index in [2.05, 4.69) is 14.8 Å². The summed E-state index contributed by atoms with van der Waals surface area (Å²) in [6, 6.07) is 0. The van der Waals surface area contributed by atoms with Crippen LogP contribution in [0.25, 0.3) is 0 Å². The van der Waals surface area contributed by atoms with Gasteiger partial charge in [0.15, 0.2) is 0 Å². The van der Waals surface area contributed by atoms with Crippen LogP contribution in [0.2, 0.25) is 0 Å². The average Bonchev–Trinajstić information content (AvgIpc) is 2.43. The molecule has 1 amide bonds. The second-order valence-electron chi connectivity index (χ2n) is 1.62. The fourth-order valence-electron chi connectivity index (χ4n) is 0.375. The quantitative estimate of drug-likeness (QED) is 0.454. The fourth-order valence-corrected chi connectivity index (χ4v) is 0.375. The lowest BCUT2D eigenvalue weighted by Crippen LogP contribution is -2.07. The Morgan fingerprint density at radius 2 is 2.09 bits per heavy atom. The molecule has 0 aromatic rings. The SMILES string of the molecule is CCNC=O.O=C1OCCO1. The molecule has 0 aliphatic carbocycles. The van der Waals surface area contributed by atoms with Gasteiger partial charge in [0.25, 0.3) is 0 Å². The second-order valence-corrected chi connectivity index (χ2v) is 1.62. The van der Waals surface area contributed by atoms with E-state index in [9.17, 15) is 9.59 Å². The van der Waals surface area contributed by atoms with Crippen molar-refractivity contribution in [1.82, 2.24) is 5.32 Å². The lowest BCUT2D eigenvalue weighted by Gasteiger charge is -1.78. The molecule has 1 N–H and O–H groups in total. The van der Waals surface area contributed by atoms with Gasteiger partial charge < -0.3 is 14.8 Å². The summed E-state index contributed by atoms with van der Waals surface area (Å²) >= 11 is 0. The molecule has 5 nitrogen and oxygen atoms in total. The Balaban J connectivity index is 0.000000187. The summed E-state index contributed by atoms with van der Waals surface area (Å²) in [6.45, 7) is 3.43. The highest BCUT2D eigenvalue weighted by Gasteiger charge is 2.09. The first-order valence-electron chi connectivity index (χ1n) is 3.27. The molecule has 0 spiro atoms. The molecule has 1 rings (SSSR count). The number of amides is 1. The third-order valence-corrected chi connectivity index (χ3v) is 0.811. The van der Waals surface area contributed by atoms with Crippen LogP contribution in [-0.4, -0.2) is 32.3 Å². The standard InChI is InChI=1S/C3H7NO.C3H4O3/c1-2-4-3-5;4-3-5-1-2-6-3/h3H,2H2,1H3,(H,4,5);1-2H2. The third kappa shape index (κ3) is 6.63. The Morgan fingerprint density at radius 3 is 2.18 bits per heavy atom. The van der Waals surface area contributed by atoms with Gasteiger partial charge in [-0.1, -0.05) is 0 Å². The predicted octanol–water partition coefficient (Wildman–Crippen LogP) is -0.0945. The van der Waals surface area contributed by atoms with Gasteiger partial charge in [-0.05, 0) is 6.92 Å². The largest absolute Gasteiger partial charge is 0.508 e. The monoisotopic (exact) mass is 161 g/mol. The first-order valence-corrected chi connectivity index (χ1v) is 3.27. The van der Waals surface area contributed by atoms with Crippen molar-refractivity contribution in [2.75, 3.05) is 19.8 Å². The third-order valence-electron chi connectivity index (χ3n) is 0.811. The van der Waals surface area contributed by atoms with Crippen LogP contribution >= 0.6 is 0 Å². The van der Waals surface area contributed by atoms with Crippen LogP contribution in [0.15, 0.2) is 0 Å². The zero-order valence-corrected chi connectivity index (χ0v) is 6.33. The van der Waals surface area contributed by atoms with Crippen LogP contribution in [-0.2, 0) is 14.3 Å². The van der Waals surface area contributed by atoms with Gasteiger partial charge in [0.05, 0.1) is 0 Å². The van der Waals surface area contributed by atoms with Gasteiger partial charge in [0, 0.05) is 6.54 Å². The van der Waals surface area contributed by atoms with Gasteiger partial charge >= 0.3 is 6.16 Å². The lowest BCUT2D eigenvalue weighted by molar-refractivity contribution is -0.109. The molecule has 1 aliphatic rings. The lowest BCUT2D eigenvalue weighted by atomic mass is 10.8. The first-order chi connectivity index (χ1) is 5.31. The maximum absolute atomic E-state index is 9.80. The number of nitrogens with one attached hydrogen (secondary N) is 1. The van der Waals surface area contributed by atoms with Gasteiger partial charge in [0.2, 0.25) is 6.41 Å². The number of ether oxygens (including phenoxy) is 2. The highest BCUT2D eigenvalue weighted by atomic mass is 16.8. The van der Waals surface area contributed by atoms with E-state index in [1.807, 2.05) is 6.92 Å². The molecule has 64 valence electrons. The molecule has 11 heavy (non-hydrogen) atoms.